The molecule has 0 bridgehead atoms. The van der Waals surface area contributed by atoms with E-state index < -0.39 is 16.0 Å². The molecule has 35 heavy (non-hydrogen) atoms. The number of rotatable bonds is 10. The maximum atomic E-state index is 13.3. The molecule has 3 rings (SSSR count). The van der Waals surface area contributed by atoms with E-state index in [1.165, 1.54) is 13.3 Å². The highest BCUT2D eigenvalue weighted by Crippen LogP contribution is 2.34. The minimum absolute atomic E-state index is 0.0131. The molecule has 0 aliphatic rings. The Hall–Kier alpha value is -2.73. The van der Waals surface area contributed by atoms with Crippen molar-refractivity contribution >= 4 is 54.2 Å². The summed E-state index contributed by atoms with van der Waals surface area (Å²) in [4.78, 5) is 18.5. The predicted octanol–water partition coefficient (Wildman–Crippen LogP) is 4.15. The van der Waals surface area contributed by atoms with Crippen LogP contribution in [0.25, 0.3) is 10.9 Å². The lowest BCUT2D eigenvalue weighted by atomic mass is 10.1. The second-order valence-corrected chi connectivity index (χ2v) is 11.0. The Balaban J connectivity index is 2.15. The Morgan fingerprint density at radius 1 is 1.17 bits per heavy atom. The minimum Gasteiger partial charge on any atom is -0.491 e. The van der Waals surface area contributed by atoms with Crippen molar-refractivity contribution in [2.24, 2.45) is 0 Å². The number of benzene rings is 2. The zero-order chi connectivity index (χ0) is 25.8. The molecule has 0 fully saturated rings. The fraction of sp³-hybridized carbons (Fsp3) is 0.333. The molecular weight excluding hydrogens is 536 g/mol. The maximum absolute atomic E-state index is 13.3. The smallest absolute Gasteiger partial charge is 0.338 e. The second kappa shape index (κ2) is 11.3. The molecule has 3 aromatic rings. The number of carbonyl (C=O) groups excluding carboxylic acids is 1. The lowest BCUT2D eigenvalue weighted by Gasteiger charge is -2.18. The fourth-order valence-corrected chi connectivity index (χ4v) is 4.84. The first-order valence-electron chi connectivity index (χ1n) is 10.9. The number of carbonyl (C=O) groups is 1. The van der Waals surface area contributed by atoms with E-state index in [9.17, 15) is 13.2 Å². The highest BCUT2D eigenvalue weighted by Gasteiger charge is 2.22. The number of methoxy groups -OCH3 is 1. The number of nitrogens with one attached hydrogen (secondary N) is 2. The summed E-state index contributed by atoms with van der Waals surface area (Å²) in [7, 11) is 1.12. The van der Waals surface area contributed by atoms with Gasteiger partial charge in [0.2, 0.25) is 10.0 Å². The van der Waals surface area contributed by atoms with E-state index in [4.69, 9.17) is 9.47 Å². The van der Waals surface area contributed by atoms with Gasteiger partial charge in [-0.25, -0.2) is 17.9 Å². The number of likely N-dealkylation sites (N-methyl/N-ethyl adjacent to an activating group) is 1. The number of fused-ring (bicyclic) bond motifs is 1. The van der Waals surface area contributed by atoms with E-state index in [-0.39, 0.29) is 23.1 Å². The lowest BCUT2D eigenvalue weighted by Crippen LogP contribution is -2.31. The normalized spacial score (nSPS) is 11.8. The van der Waals surface area contributed by atoms with Crippen molar-refractivity contribution < 1.29 is 22.7 Å². The van der Waals surface area contributed by atoms with Crippen LogP contribution >= 0.6 is 15.9 Å². The number of pyridine rings is 1. The third-order valence-electron chi connectivity index (χ3n) is 4.91. The van der Waals surface area contributed by atoms with Crippen molar-refractivity contribution in [3.05, 3.63) is 52.6 Å². The van der Waals surface area contributed by atoms with Gasteiger partial charge < -0.3 is 19.7 Å². The van der Waals surface area contributed by atoms with Gasteiger partial charge in [0.15, 0.2) is 0 Å². The largest absolute Gasteiger partial charge is 0.491 e. The molecule has 0 amide bonds. The Bertz CT molecular complexity index is 1330. The molecule has 1 aromatic heterocycles. The number of esters is 1. The molecule has 11 heteroatoms. The number of hydrogen-bond donors (Lipinski definition) is 2. The molecule has 2 N–H and O–H groups in total. The quantitative estimate of drug-likeness (QED) is 0.353. The Labute approximate surface area is 214 Å². The van der Waals surface area contributed by atoms with Gasteiger partial charge in [-0.3, -0.25) is 4.98 Å². The lowest BCUT2D eigenvalue weighted by molar-refractivity contribution is 0.0600. The maximum Gasteiger partial charge on any atom is 0.338 e. The van der Waals surface area contributed by atoms with Crippen LogP contribution in [0.2, 0.25) is 0 Å². The highest BCUT2D eigenvalue weighted by molar-refractivity contribution is 9.10. The summed E-state index contributed by atoms with van der Waals surface area (Å²) >= 11 is 3.43. The number of ether oxygens (including phenoxy) is 2. The zero-order valence-electron chi connectivity index (χ0n) is 20.3. The summed E-state index contributed by atoms with van der Waals surface area (Å²) in [5.41, 5.74) is 1.65. The van der Waals surface area contributed by atoms with Crippen molar-refractivity contribution in [3.63, 3.8) is 0 Å². The van der Waals surface area contributed by atoms with Crippen molar-refractivity contribution in [1.29, 1.82) is 0 Å². The van der Waals surface area contributed by atoms with Gasteiger partial charge in [0.05, 0.1) is 30.0 Å². The first-order valence-corrected chi connectivity index (χ1v) is 13.2. The van der Waals surface area contributed by atoms with Crippen molar-refractivity contribution in [2.45, 2.75) is 24.8 Å². The molecule has 2 aromatic carbocycles. The van der Waals surface area contributed by atoms with Crippen LogP contribution in [0.1, 0.15) is 24.2 Å². The van der Waals surface area contributed by atoms with Gasteiger partial charge in [0.25, 0.3) is 0 Å². The Kier molecular flexibility index (Phi) is 8.70. The number of hydrogen-bond acceptors (Lipinski definition) is 8. The van der Waals surface area contributed by atoms with Crippen LogP contribution in [-0.2, 0) is 14.8 Å². The molecule has 0 aliphatic carbocycles. The SMILES string of the molecule is COC(=O)c1cc(Nc2c(S(=O)(=O)NCCN(C)C)cnc3cc(Br)ccc23)cc(OC(C)C)c1. The Morgan fingerprint density at radius 3 is 2.57 bits per heavy atom. The number of nitrogens with zero attached hydrogens (tertiary/aromatic N) is 2. The topological polar surface area (TPSA) is 110 Å². The summed E-state index contributed by atoms with van der Waals surface area (Å²) in [5.74, 6) is -0.0935. The predicted molar refractivity (Wildman–Crippen MR) is 140 cm³/mol. The fourth-order valence-electron chi connectivity index (χ4n) is 3.35. The first kappa shape index (κ1) is 26.9. The van der Waals surface area contributed by atoms with E-state index in [1.807, 2.05) is 38.9 Å². The summed E-state index contributed by atoms with van der Waals surface area (Å²) < 4.78 is 40.6. The monoisotopic (exact) mass is 564 g/mol. The number of anilines is 2. The van der Waals surface area contributed by atoms with Crippen LogP contribution in [0.15, 0.2) is 52.0 Å². The van der Waals surface area contributed by atoms with Crippen LogP contribution in [0, 0.1) is 0 Å². The third kappa shape index (κ3) is 6.91. The zero-order valence-corrected chi connectivity index (χ0v) is 22.7. The number of aromatic nitrogens is 1. The van der Waals surface area contributed by atoms with E-state index >= 15 is 0 Å². The second-order valence-electron chi connectivity index (χ2n) is 8.39. The average Bonchev–Trinajstić information content (AvgIpc) is 2.77. The molecule has 1 heterocycles. The number of sulfonamides is 1. The van der Waals surface area contributed by atoms with Crippen LogP contribution in [0.5, 0.6) is 5.75 Å². The molecule has 9 nitrogen and oxygen atoms in total. The standard InChI is InChI=1S/C24H29BrN4O5S/c1-15(2)34-19-11-16(24(30)33-5)10-18(13-19)28-23-20-7-6-17(25)12-21(20)26-14-22(23)35(31,32)27-8-9-29(3)4/h6-7,10-15,27H,8-9H2,1-5H3,(H,26,28). The van der Waals surface area contributed by atoms with Crippen LogP contribution in [0.3, 0.4) is 0 Å². The molecule has 0 radical (unpaired) electrons. The van der Waals surface area contributed by atoms with Gasteiger partial charge in [0, 0.05) is 40.9 Å². The first-order chi connectivity index (χ1) is 16.5. The molecule has 0 saturated carbocycles. The van der Waals surface area contributed by atoms with Crippen LogP contribution in [-0.4, -0.2) is 64.7 Å². The average molecular weight is 565 g/mol. The van der Waals surface area contributed by atoms with Gasteiger partial charge in [-0.2, -0.15) is 0 Å². The van der Waals surface area contributed by atoms with Gasteiger partial charge in [-0.1, -0.05) is 15.9 Å². The summed E-state index contributed by atoms with van der Waals surface area (Å²) in [6.45, 7) is 4.51. The van der Waals surface area contributed by atoms with Gasteiger partial charge >= 0.3 is 5.97 Å². The van der Waals surface area contributed by atoms with Crippen molar-refractivity contribution in [2.75, 3.05) is 39.6 Å². The van der Waals surface area contributed by atoms with E-state index in [0.29, 0.717) is 34.6 Å². The summed E-state index contributed by atoms with van der Waals surface area (Å²) in [6.07, 6.45) is 1.19. The van der Waals surface area contributed by atoms with Gasteiger partial charge in [-0.05, 0) is 58.3 Å². The molecule has 188 valence electrons. The van der Waals surface area contributed by atoms with Gasteiger partial charge in [-0.15, -0.1) is 0 Å². The highest BCUT2D eigenvalue weighted by atomic mass is 79.9. The molecule has 0 unspecified atom stereocenters. The van der Waals surface area contributed by atoms with Crippen molar-refractivity contribution in [3.8, 4) is 5.75 Å². The summed E-state index contributed by atoms with van der Waals surface area (Å²) in [5, 5.41) is 3.80. The molecule has 0 saturated heterocycles. The van der Waals surface area contributed by atoms with E-state index in [1.54, 1.807) is 30.3 Å². The van der Waals surface area contributed by atoms with Gasteiger partial charge in [0.1, 0.15) is 10.6 Å². The molecule has 0 atom stereocenters. The van der Waals surface area contributed by atoms with E-state index in [2.05, 4.69) is 31.0 Å². The number of halogens is 1. The van der Waals surface area contributed by atoms with Crippen LogP contribution < -0.4 is 14.8 Å². The van der Waals surface area contributed by atoms with Crippen molar-refractivity contribution in [1.82, 2.24) is 14.6 Å². The third-order valence-corrected chi connectivity index (χ3v) is 6.87. The summed E-state index contributed by atoms with van der Waals surface area (Å²) in [6, 6.07) is 10.3. The molecule has 0 aliphatic heterocycles. The van der Waals surface area contributed by atoms with E-state index in [0.717, 1.165) is 4.47 Å². The molecule has 0 spiro atoms. The minimum atomic E-state index is -3.90. The Morgan fingerprint density at radius 2 is 1.91 bits per heavy atom. The van der Waals surface area contributed by atoms with Crippen LogP contribution in [0.4, 0.5) is 11.4 Å². The molecular formula is C24H29BrN4O5S.